The summed E-state index contributed by atoms with van der Waals surface area (Å²) in [6, 6.07) is 21.0. The minimum Gasteiger partial charge on any atom is -0.342 e. The highest BCUT2D eigenvalue weighted by atomic mass is 35.5. The molecular weight excluding hydrogens is 316 g/mol. The van der Waals surface area contributed by atoms with Crippen molar-refractivity contribution in [2.24, 2.45) is 0 Å². The Labute approximate surface area is 146 Å². The van der Waals surface area contributed by atoms with Gasteiger partial charge in [-0.15, -0.1) is 0 Å². The zero-order valence-corrected chi connectivity index (χ0v) is 14.2. The van der Waals surface area contributed by atoms with E-state index in [2.05, 4.69) is 52.4 Å². The van der Waals surface area contributed by atoms with E-state index >= 15 is 0 Å². The van der Waals surface area contributed by atoms with Gasteiger partial charge in [-0.05, 0) is 47.7 Å². The lowest BCUT2D eigenvalue weighted by molar-refractivity contribution is 0.717. The third-order valence-corrected chi connectivity index (χ3v) is 4.81. The highest BCUT2D eigenvalue weighted by Crippen LogP contribution is 2.22. The van der Waals surface area contributed by atoms with Gasteiger partial charge in [-0.2, -0.15) is 0 Å². The van der Waals surface area contributed by atoms with Crippen LogP contribution in [-0.2, 0) is 12.8 Å². The number of H-pyrrole nitrogens is 1. The lowest BCUT2D eigenvalue weighted by atomic mass is 10.00. The van der Waals surface area contributed by atoms with Crippen LogP contribution in [0.5, 0.6) is 0 Å². The van der Waals surface area contributed by atoms with Crippen molar-refractivity contribution in [3.8, 4) is 0 Å². The zero-order valence-electron chi connectivity index (χ0n) is 13.4. The van der Waals surface area contributed by atoms with E-state index in [-0.39, 0.29) is 0 Å². The minimum absolute atomic E-state index is 0.714. The number of benzene rings is 3. The van der Waals surface area contributed by atoms with Gasteiger partial charge in [-0.3, -0.25) is 0 Å². The van der Waals surface area contributed by atoms with Crippen LogP contribution in [0.1, 0.15) is 24.2 Å². The summed E-state index contributed by atoms with van der Waals surface area (Å²) in [6.45, 7) is 0. The summed E-state index contributed by atoms with van der Waals surface area (Å²) >= 11 is 6.18. The Bertz CT molecular complexity index is 982. The third kappa shape index (κ3) is 3.02. The van der Waals surface area contributed by atoms with Crippen LogP contribution in [0.4, 0.5) is 0 Å². The fourth-order valence-electron chi connectivity index (χ4n) is 3.28. The van der Waals surface area contributed by atoms with Crippen LogP contribution in [0.15, 0.2) is 60.7 Å². The maximum Gasteiger partial charge on any atom is 0.107 e. The van der Waals surface area contributed by atoms with Crippen molar-refractivity contribution in [2.45, 2.75) is 25.7 Å². The number of fused-ring (bicyclic) bond motifs is 2. The van der Waals surface area contributed by atoms with E-state index in [1.165, 1.54) is 16.3 Å². The number of nitrogens with zero attached hydrogens (tertiary/aromatic N) is 1. The fourth-order valence-corrected chi connectivity index (χ4v) is 3.50. The van der Waals surface area contributed by atoms with Crippen LogP contribution in [-0.4, -0.2) is 9.97 Å². The Morgan fingerprint density at radius 1 is 0.833 bits per heavy atom. The highest BCUT2D eigenvalue weighted by Gasteiger charge is 2.06. The van der Waals surface area contributed by atoms with Crippen molar-refractivity contribution in [1.82, 2.24) is 9.97 Å². The molecule has 4 aromatic rings. The molecule has 0 aliphatic heterocycles. The number of aromatic amines is 1. The van der Waals surface area contributed by atoms with Crippen LogP contribution < -0.4 is 0 Å². The van der Waals surface area contributed by atoms with E-state index in [0.29, 0.717) is 5.02 Å². The second-order valence-corrected chi connectivity index (χ2v) is 6.57. The maximum absolute atomic E-state index is 6.18. The van der Waals surface area contributed by atoms with Crippen LogP contribution in [0.3, 0.4) is 0 Å². The molecule has 3 aromatic carbocycles. The van der Waals surface area contributed by atoms with Crippen molar-refractivity contribution < 1.29 is 0 Å². The minimum atomic E-state index is 0.714. The second kappa shape index (κ2) is 6.66. The number of hydrogen-bond acceptors (Lipinski definition) is 1. The van der Waals surface area contributed by atoms with Gasteiger partial charge in [-0.25, -0.2) is 4.98 Å². The topological polar surface area (TPSA) is 28.7 Å². The number of halogens is 1. The summed E-state index contributed by atoms with van der Waals surface area (Å²) in [4.78, 5) is 7.99. The molecule has 0 amide bonds. The van der Waals surface area contributed by atoms with Crippen molar-refractivity contribution in [1.29, 1.82) is 0 Å². The zero-order chi connectivity index (χ0) is 16.4. The molecule has 0 atom stereocenters. The molecule has 3 heteroatoms. The molecule has 0 aliphatic carbocycles. The Morgan fingerprint density at radius 3 is 2.54 bits per heavy atom. The molecule has 4 rings (SSSR count). The normalized spacial score (nSPS) is 11.4. The summed E-state index contributed by atoms with van der Waals surface area (Å²) in [6.07, 6.45) is 4.32. The molecule has 0 unspecified atom stereocenters. The van der Waals surface area contributed by atoms with Gasteiger partial charge in [0.1, 0.15) is 11.3 Å². The SMILES string of the molecule is Clc1cccc2[nH]c(CCCCc3cccc4ccccc34)nc12. The van der Waals surface area contributed by atoms with Crippen LogP contribution >= 0.6 is 11.6 Å². The molecule has 1 heterocycles. The number of para-hydroxylation sites is 1. The van der Waals surface area contributed by atoms with E-state index in [1.807, 2.05) is 18.2 Å². The lowest BCUT2D eigenvalue weighted by Crippen LogP contribution is -1.92. The molecule has 1 N–H and O–H groups in total. The molecule has 120 valence electrons. The van der Waals surface area contributed by atoms with Gasteiger partial charge in [0.2, 0.25) is 0 Å². The first-order chi connectivity index (χ1) is 11.8. The third-order valence-electron chi connectivity index (χ3n) is 4.50. The molecule has 0 spiro atoms. The van der Waals surface area contributed by atoms with Gasteiger partial charge in [0.25, 0.3) is 0 Å². The number of aromatic nitrogens is 2. The van der Waals surface area contributed by atoms with E-state index in [1.54, 1.807) is 0 Å². The Kier molecular flexibility index (Phi) is 4.22. The average Bonchev–Trinajstić information content (AvgIpc) is 3.03. The van der Waals surface area contributed by atoms with E-state index in [0.717, 1.165) is 42.5 Å². The largest absolute Gasteiger partial charge is 0.342 e. The molecular formula is C21H19ClN2. The first-order valence-electron chi connectivity index (χ1n) is 8.41. The lowest BCUT2D eigenvalue weighted by Gasteiger charge is -2.06. The molecule has 2 nitrogen and oxygen atoms in total. The van der Waals surface area contributed by atoms with Crippen molar-refractivity contribution in [3.63, 3.8) is 0 Å². The molecule has 0 saturated carbocycles. The monoisotopic (exact) mass is 334 g/mol. The maximum atomic E-state index is 6.18. The summed E-state index contributed by atoms with van der Waals surface area (Å²) in [5, 5.41) is 3.41. The summed E-state index contributed by atoms with van der Waals surface area (Å²) < 4.78 is 0. The molecule has 0 aliphatic rings. The number of imidazole rings is 1. The Balaban J connectivity index is 1.41. The van der Waals surface area contributed by atoms with Crippen LogP contribution in [0.2, 0.25) is 5.02 Å². The molecule has 24 heavy (non-hydrogen) atoms. The first kappa shape index (κ1) is 15.2. The predicted molar refractivity (Wildman–Crippen MR) is 102 cm³/mol. The molecule has 0 bridgehead atoms. The predicted octanol–water partition coefficient (Wildman–Crippen LogP) is 5.93. The van der Waals surface area contributed by atoms with Gasteiger partial charge in [0, 0.05) is 6.42 Å². The van der Waals surface area contributed by atoms with Gasteiger partial charge in [-0.1, -0.05) is 60.1 Å². The Morgan fingerprint density at radius 2 is 1.62 bits per heavy atom. The number of hydrogen-bond donors (Lipinski definition) is 1. The number of aryl methyl sites for hydroxylation is 2. The quantitative estimate of drug-likeness (QED) is 0.450. The second-order valence-electron chi connectivity index (χ2n) is 6.16. The number of nitrogens with one attached hydrogen (secondary N) is 1. The van der Waals surface area contributed by atoms with Crippen molar-refractivity contribution >= 4 is 33.4 Å². The smallest absolute Gasteiger partial charge is 0.107 e. The van der Waals surface area contributed by atoms with Gasteiger partial charge in [0.15, 0.2) is 0 Å². The standard InChI is InChI=1S/C21H19ClN2/c22-18-12-6-13-19-21(18)24-20(23-19)14-4-2-8-16-10-5-9-15-7-1-3-11-17(15)16/h1,3,5-7,9-13H,2,4,8,14H2,(H,23,24). The van der Waals surface area contributed by atoms with Crippen LogP contribution in [0.25, 0.3) is 21.8 Å². The molecule has 0 fully saturated rings. The number of unbranched alkanes of at least 4 members (excludes halogenated alkanes) is 1. The average molecular weight is 335 g/mol. The molecule has 0 saturated heterocycles. The first-order valence-corrected chi connectivity index (χ1v) is 8.79. The number of rotatable bonds is 5. The summed E-state index contributed by atoms with van der Waals surface area (Å²) in [7, 11) is 0. The van der Waals surface area contributed by atoms with Gasteiger partial charge in [0.05, 0.1) is 10.5 Å². The van der Waals surface area contributed by atoms with Crippen LogP contribution in [0, 0.1) is 0 Å². The van der Waals surface area contributed by atoms with Gasteiger partial charge >= 0.3 is 0 Å². The van der Waals surface area contributed by atoms with Crippen molar-refractivity contribution in [2.75, 3.05) is 0 Å². The summed E-state index contributed by atoms with van der Waals surface area (Å²) in [5.74, 6) is 1.02. The fraction of sp³-hybridized carbons (Fsp3) is 0.190. The van der Waals surface area contributed by atoms with Crippen molar-refractivity contribution in [3.05, 3.63) is 77.1 Å². The summed E-state index contributed by atoms with van der Waals surface area (Å²) in [5.41, 5.74) is 3.33. The molecule has 1 aromatic heterocycles. The molecule has 0 radical (unpaired) electrons. The Hall–Kier alpha value is -2.32. The van der Waals surface area contributed by atoms with E-state index in [9.17, 15) is 0 Å². The highest BCUT2D eigenvalue weighted by molar-refractivity contribution is 6.34. The van der Waals surface area contributed by atoms with Gasteiger partial charge < -0.3 is 4.98 Å². The van der Waals surface area contributed by atoms with E-state index < -0.39 is 0 Å². The van der Waals surface area contributed by atoms with E-state index in [4.69, 9.17) is 11.6 Å².